The lowest BCUT2D eigenvalue weighted by Crippen LogP contribution is -2.46. The van der Waals surface area contributed by atoms with Gasteiger partial charge in [0.2, 0.25) is 0 Å². The van der Waals surface area contributed by atoms with Crippen molar-refractivity contribution in [3.05, 3.63) is 53.9 Å². The van der Waals surface area contributed by atoms with Crippen LogP contribution in [0.3, 0.4) is 0 Å². The maximum Gasteiger partial charge on any atom is 0.417 e. The molecule has 1 N–H and O–H groups in total. The fraction of sp³-hybridized carbons (Fsp3) is 0.300. The molecule has 3 rings (SSSR count). The van der Waals surface area contributed by atoms with Gasteiger partial charge in [0, 0.05) is 25.5 Å². The van der Waals surface area contributed by atoms with Gasteiger partial charge in [0.15, 0.2) is 0 Å². The summed E-state index contributed by atoms with van der Waals surface area (Å²) in [7, 11) is 0. The van der Waals surface area contributed by atoms with E-state index in [1.54, 1.807) is 24.5 Å². The van der Waals surface area contributed by atoms with E-state index < -0.39 is 34.8 Å². The van der Waals surface area contributed by atoms with Gasteiger partial charge in [0.1, 0.15) is 5.54 Å². The van der Waals surface area contributed by atoms with Crippen LogP contribution in [-0.4, -0.2) is 40.5 Å². The molecule has 156 valence electrons. The van der Waals surface area contributed by atoms with Gasteiger partial charge in [-0.05, 0) is 44.2 Å². The van der Waals surface area contributed by atoms with Gasteiger partial charge in [-0.25, -0.2) is 9.69 Å². The van der Waals surface area contributed by atoms with E-state index in [0.717, 1.165) is 22.7 Å². The highest BCUT2D eigenvalue weighted by atomic mass is 19.4. The second-order valence-electron chi connectivity index (χ2n) is 7.14. The lowest BCUT2D eigenvalue weighted by atomic mass is 10.0. The summed E-state index contributed by atoms with van der Waals surface area (Å²) < 4.78 is 39.9. The Morgan fingerprint density at radius 1 is 1.23 bits per heavy atom. The first-order chi connectivity index (χ1) is 14.1. The summed E-state index contributed by atoms with van der Waals surface area (Å²) >= 11 is 0. The topological polar surface area (TPSA) is 89.3 Å². The van der Waals surface area contributed by atoms with Gasteiger partial charge in [-0.3, -0.25) is 9.78 Å². The van der Waals surface area contributed by atoms with E-state index >= 15 is 0 Å². The maximum atomic E-state index is 13.3. The molecule has 3 amide bonds. The highest BCUT2D eigenvalue weighted by Gasteiger charge is 2.52. The van der Waals surface area contributed by atoms with Crippen LogP contribution in [0.2, 0.25) is 0 Å². The van der Waals surface area contributed by atoms with Crippen LogP contribution < -0.4 is 10.2 Å². The number of carbonyl (C=O) groups excluding carboxylic acids is 2. The van der Waals surface area contributed by atoms with Crippen LogP contribution in [0, 0.1) is 11.3 Å². The van der Waals surface area contributed by atoms with Gasteiger partial charge in [0.05, 0.1) is 28.6 Å². The maximum absolute atomic E-state index is 13.3. The average Bonchev–Trinajstić information content (AvgIpc) is 2.87. The van der Waals surface area contributed by atoms with Gasteiger partial charge in [-0.1, -0.05) is 0 Å². The summed E-state index contributed by atoms with van der Waals surface area (Å²) in [4.78, 5) is 31.8. The summed E-state index contributed by atoms with van der Waals surface area (Å²) in [6.07, 6.45) is -1.58. The molecule has 0 bridgehead atoms. The van der Waals surface area contributed by atoms with Crippen LogP contribution in [-0.2, 0) is 11.0 Å². The van der Waals surface area contributed by atoms with Gasteiger partial charge in [0.25, 0.3) is 5.91 Å². The van der Waals surface area contributed by atoms with E-state index in [1.807, 2.05) is 0 Å². The van der Waals surface area contributed by atoms with Crippen molar-refractivity contribution in [3.8, 4) is 6.07 Å². The summed E-state index contributed by atoms with van der Waals surface area (Å²) in [6, 6.07) is 7.05. The van der Waals surface area contributed by atoms with Crippen LogP contribution in [0.1, 0.15) is 25.0 Å². The number of alkyl halides is 3. The predicted molar refractivity (Wildman–Crippen MR) is 103 cm³/mol. The SMILES string of the molecule is CC1(C)C(=O)N(c2ccc(C#N)c(C(F)(F)F)c2)C(=O)N1CCNc1cccnc1. The second kappa shape index (κ2) is 7.67. The Kier molecular flexibility index (Phi) is 5.39. The minimum atomic E-state index is -4.80. The smallest absolute Gasteiger partial charge is 0.382 e. The van der Waals surface area contributed by atoms with Crippen molar-refractivity contribution >= 4 is 23.3 Å². The molecule has 0 radical (unpaired) electrons. The summed E-state index contributed by atoms with van der Waals surface area (Å²) in [5.41, 5.74) is -2.53. The van der Waals surface area contributed by atoms with Gasteiger partial charge in [-0.15, -0.1) is 0 Å². The van der Waals surface area contributed by atoms with E-state index in [2.05, 4.69) is 10.3 Å². The van der Waals surface area contributed by atoms with Gasteiger partial charge in [-0.2, -0.15) is 18.4 Å². The number of carbonyl (C=O) groups is 2. The molecular formula is C20H18F3N5O2. The zero-order valence-corrected chi connectivity index (χ0v) is 16.2. The van der Waals surface area contributed by atoms with Gasteiger partial charge >= 0.3 is 12.2 Å². The van der Waals surface area contributed by atoms with Crippen molar-refractivity contribution in [2.75, 3.05) is 23.3 Å². The summed E-state index contributed by atoms with van der Waals surface area (Å²) in [6.45, 7) is 3.52. The number of nitrogens with zero attached hydrogens (tertiary/aromatic N) is 4. The molecule has 2 aromatic rings. The van der Waals surface area contributed by atoms with Gasteiger partial charge < -0.3 is 10.2 Å². The van der Waals surface area contributed by atoms with E-state index in [-0.39, 0.29) is 12.2 Å². The van der Waals surface area contributed by atoms with Crippen molar-refractivity contribution in [2.24, 2.45) is 0 Å². The second-order valence-corrected chi connectivity index (χ2v) is 7.14. The van der Waals surface area contributed by atoms with Crippen molar-refractivity contribution < 1.29 is 22.8 Å². The number of hydrogen-bond acceptors (Lipinski definition) is 5. The number of urea groups is 1. The van der Waals surface area contributed by atoms with E-state index in [4.69, 9.17) is 5.26 Å². The Morgan fingerprint density at radius 3 is 2.57 bits per heavy atom. The molecule has 1 aliphatic rings. The number of pyridine rings is 1. The zero-order chi connectivity index (χ0) is 22.1. The van der Waals surface area contributed by atoms with E-state index in [0.29, 0.717) is 12.6 Å². The quantitative estimate of drug-likeness (QED) is 0.751. The van der Waals surface area contributed by atoms with Crippen molar-refractivity contribution in [1.29, 1.82) is 5.26 Å². The average molecular weight is 417 g/mol. The Balaban J connectivity index is 1.86. The molecule has 0 spiro atoms. The molecule has 30 heavy (non-hydrogen) atoms. The molecular weight excluding hydrogens is 399 g/mol. The molecule has 0 unspecified atom stereocenters. The Morgan fingerprint density at radius 2 is 1.97 bits per heavy atom. The largest absolute Gasteiger partial charge is 0.417 e. The number of hydrogen-bond donors (Lipinski definition) is 1. The minimum Gasteiger partial charge on any atom is -0.382 e. The van der Waals surface area contributed by atoms with Crippen molar-refractivity contribution in [1.82, 2.24) is 9.88 Å². The van der Waals surface area contributed by atoms with E-state index in [9.17, 15) is 22.8 Å². The monoisotopic (exact) mass is 417 g/mol. The molecule has 1 aliphatic heterocycles. The fourth-order valence-electron chi connectivity index (χ4n) is 3.22. The lowest BCUT2D eigenvalue weighted by Gasteiger charge is -2.27. The third-order valence-corrected chi connectivity index (χ3v) is 4.84. The zero-order valence-electron chi connectivity index (χ0n) is 16.2. The number of nitriles is 1. The first-order valence-corrected chi connectivity index (χ1v) is 8.99. The molecule has 1 saturated heterocycles. The summed E-state index contributed by atoms with van der Waals surface area (Å²) in [5, 5.41) is 12.0. The number of nitrogens with one attached hydrogen (secondary N) is 1. The third kappa shape index (κ3) is 3.78. The first kappa shape index (κ1) is 21.1. The molecule has 2 heterocycles. The van der Waals surface area contributed by atoms with Crippen LogP contribution in [0.25, 0.3) is 0 Å². The molecule has 1 aromatic heterocycles. The Bertz CT molecular complexity index is 1020. The molecule has 7 nitrogen and oxygen atoms in total. The number of rotatable bonds is 5. The number of anilines is 2. The Hall–Kier alpha value is -3.61. The van der Waals surface area contributed by atoms with E-state index in [1.165, 1.54) is 24.8 Å². The van der Waals surface area contributed by atoms with Crippen LogP contribution >= 0.6 is 0 Å². The number of amides is 3. The van der Waals surface area contributed by atoms with Crippen LogP contribution in [0.5, 0.6) is 0 Å². The molecule has 0 saturated carbocycles. The molecule has 1 fully saturated rings. The Labute approximate surface area is 170 Å². The van der Waals surface area contributed by atoms with Crippen molar-refractivity contribution in [2.45, 2.75) is 25.6 Å². The minimum absolute atomic E-state index is 0.144. The number of imide groups is 1. The number of halogens is 3. The normalized spacial score (nSPS) is 16.0. The van der Waals surface area contributed by atoms with Crippen molar-refractivity contribution in [3.63, 3.8) is 0 Å². The van der Waals surface area contributed by atoms with Crippen LogP contribution in [0.15, 0.2) is 42.7 Å². The highest BCUT2D eigenvalue weighted by Crippen LogP contribution is 2.37. The number of benzene rings is 1. The lowest BCUT2D eigenvalue weighted by molar-refractivity contribution is -0.137. The first-order valence-electron chi connectivity index (χ1n) is 8.99. The molecule has 10 heteroatoms. The predicted octanol–water partition coefficient (Wildman–Crippen LogP) is 3.63. The standard InChI is InChI=1S/C20H18F3N5O2/c1-19(2)17(29)28(15-6-5-13(11-24)16(10-15)20(21,22)23)18(30)27(19)9-8-26-14-4-3-7-25-12-14/h3-7,10,12,26H,8-9H2,1-2H3. The highest BCUT2D eigenvalue weighted by molar-refractivity contribution is 6.23. The molecule has 0 atom stereocenters. The molecule has 0 aliphatic carbocycles. The number of aromatic nitrogens is 1. The third-order valence-electron chi connectivity index (χ3n) is 4.84. The fourth-order valence-corrected chi connectivity index (χ4v) is 3.22. The molecule has 1 aromatic carbocycles. The summed E-state index contributed by atoms with van der Waals surface area (Å²) in [5.74, 6) is -0.647. The van der Waals surface area contributed by atoms with Crippen LogP contribution in [0.4, 0.5) is 29.3 Å².